The fourth-order valence-corrected chi connectivity index (χ4v) is 2.70. The van der Waals surface area contributed by atoms with Crippen LogP contribution in [0.15, 0.2) is 12.1 Å². The molecule has 0 saturated carbocycles. The average molecular weight is 334 g/mol. The lowest BCUT2D eigenvalue weighted by Gasteiger charge is -2.22. The monoisotopic (exact) mass is 334 g/mol. The molecular weight excluding hydrogens is 304 g/mol. The molecule has 0 bridgehead atoms. The van der Waals surface area contributed by atoms with Crippen molar-refractivity contribution < 1.29 is 19.1 Å². The van der Waals surface area contributed by atoms with E-state index >= 15 is 0 Å². The van der Waals surface area contributed by atoms with E-state index in [0.717, 1.165) is 11.1 Å². The minimum absolute atomic E-state index is 0.0870. The lowest BCUT2D eigenvalue weighted by molar-refractivity contribution is 0.0326. The van der Waals surface area contributed by atoms with Crippen LogP contribution in [0.5, 0.6) is 0 Å². The van der Waals surface area contributed by atoms with Crippen LogP contribution >= 0.6 is 0 Å². The fourth-order valence-electron chi connectivity index (χ4n) is 2.70. The highest BCUT2D eigenvalue weighted by molar-refractivity contribution is 6.04. The average Bonchev–Trinajstić information content (AvgIpc) is 2.43. The van der Waals surface area contributed by atoms with Gasteiger partial charge in [-0.15, -0.1) is 0 Å². The van der Waals surface area contributed by atoms with Crippen LogP contribution in [0, 0.1) is 0 Å². The topological polar surface area (TPSA) is 52.6 Å². The summed E-state index contributed by atoms with van der Waals surface area (Å²) >= 11 is 0. The highest BCUT2D eigenvalue weighted by Crippen LogP contribution is 2.32. The molecule has 24 heavy (non-hydrogen) atoms. The second-order valence-corrected chi connectivity index (χ2v) is 7.21. The molecule has 1 aromatic rings. The van der Waals surface area contributed by atoms with Gasteiger partial charge in [-0.1, -0.05) is 33.8 Å². The molecule has 0 aliphatic heterocycles. The molecule has 4 nitrogen and oxygen atoms in total. The van der Waals surface area contributed by atoms with Crippen molar-refractivity contribution in [1.82, 2.24) is 0 Å². The third-order valence-electron chi connectivity index (χ3n) is 3.59. The van der Waals surface area contributed by atoms with E-state index in [4.69, 9.17) is 9.47 Å². The molecule has 0 fully saturated rings. The zero-order valence-electron chi connectivity index (χ0n) is 16.1. The van der Waals surface area contributed by atoms with Gasteiger partial charge in [0.1, 0.15) is 0 Å². The first-order chi connectivity index (χ1) is 11.1. The van der Waals surface area contributed by atoms with E-state index in [1.54, 1.807) is 33.8 Å². The van der Waals surface area contributed by atoms with Crippen LogP contribution in [0.25, 0.3) is 0 Å². The summed E-state index contributed by atoms with van der Waals surface area (Å²) in [5.41, 5.74) is 2.55. The fraction of sp³-hybridized carbons (Fsp3) is 0.600. The lowest BCUT2D eigenvalue weighted by Crippen LogP contribution is -2.22. The van der Waals surface area contributed by atoms with Crippen LogP contribution in [-0.2, 0) is 9.47 Å². The first-order valence-electron chi connectivity index (χ1n) is 8.64. The minimum atomic E-state index is -0.488. The molecule has 0 aliphatic rings. The summed E-state index contributed by atoms with van der Waals surface area (Å²) in [7, 11) is 0. The van der Waals surface area contributed by atoms with Crippen LogP contribution in [-0.4, -0.2) is 24.1 Å². The van der Waals surface area contributed by atoms with E-state index in [2.05, 4.69) is 13.8 Å². The quantitative estimate of drug-likeness (QED) is 0.682. The Labute approximate surface area is 145 Å². The third-order valence-corrected chi connectivity index (χ3v) is 3.59. The van der Waals surface area contributed by atoms with Gasteiger partial charge >= 0.3 is 11.9 Å². The molecule has 0 aliphatic carbocycles. The molecule has 1 rings (SSSR count). The maximum absolute atomic E-state index is 12.7. The highest BCUT2D eigenvalue weighted by atomic mass is 16.5. The Morgan fingerprint density at radius 1 is 0.750 bits per heavy atom. The molecule has 0 amide bonds. The molecule has 0 heterocycles. The van der Waals surface area contributed by atoms with Gasteiger partial charge in [0.25, 0.3) is 0 Å². The van der Waals surface area contributed by atoms with Gasteiger partial charge in [-0.3, -0.25) is 0 Å². The molecular formula is C20H30O4. The predicted molar refractivity (Wildman–Crippen MR) is 95.7 cm³/mol. The summed E-state index contributed by atoms with van der Waals surface area (Å²) in [4.78, 5) is 25.2. The van der Waals surface area contributed by atoms with E-state index in [9.17, 15) is 9.59 Å². The largest absolute Gasteiger partial charge is 0.459 e. The number of hydrogen-bond acceptors (Lipinski definition) is 4. The Hall–Kier alpha value is -1.84. The smallest absolute Gasteiger partial charge is 0.339 e. The van der Waals surface area contributed by atoms with Crippen molar-refractivity contribution in [1.29, 1.82) is 0 Å². The van der Waals surface area contributed by atoms with Crippen LogP contribution in [0.3, 0.4) is 0 Å². The van der Waals surface area contributed by atoms with E-state index in [1.165, 1.54) is 0 Å². The lowest BCUT2D eigenvalue weighted by atomic mass is 9.84. The van der Waals surface area contributed by atoms with Gasteiger partial charge in [-0.05, 0) is 56.7 Å². The van der Waals surface area contributed by atoms with Crippen molar-refractivity contribution in [3.8, 4) is 0 Å². The van der Waals surface area contributed by atoms with Crippen molar-refractivity contribution in [3.63, 3.8) is 0 Å². The van der Waals surface area contributed by atoms with Crippen molar-refractivity contribution in [3.05, 3.63) is 34.4 Å². The Balaban J connectivity index is 3.62. The van der Waals surface area contributed by atoms with E-state index < -0.39 is 11.9 Å². The van der Waals surface area contributed by atoms with E-state index in [-0.39, 0.29) is 29.6 Å². The van der Waals surface area contributed by atoms with Crippen molar-refractivity contribution in [2.45, 2.75) is 79.4 Å². The summed E-state index contributed by atoms with van der Waals surface area (Å²) in [5.74, 6) is -0.628. The molecule has 0 aromatic heterocycles. The number of ether oxygens (including phenoxy) is 2. The molecule has 0 N–H and O–H groups in total. The number of esters is 2. The molecule has 0 saturated heterocycles. The molecule has 0 radical (unpaired) electrons. The molecule has 134 valence electrons. The minimum Gasteiger partial charge on any atom is -0.459 e. The first kappa shape index (κ1) is 20.2. The Bertz CT molecular complexity index is 598. The Kier molecular flexibility index (Phi) is 7.00. The molecule has 1 aromatic carbocycles. The van der Waals surface area contributed by atoms with Gasteiger partial charge < -0.3 is 9.47 Å². The van der Waals surface area contributed by atoms with Gasteiger partial charge in [-0.2, -0.15) is 0 Å². The number of benzene rings is 1. The number of hydrogen-bond donors (Lipinski definition) is 0. The second kappa shape index (κ2) is 8.32. The molecule has 0 atom stereocenters. The van der Waals surface area contributed by atoms with E-state index in [0.29, 0.717) is 5.56 Å². The summed E-state index contributed by atoms with van der Waals surface area (Å²) < 4.78 is 10.7. The van der Waals surface area contributed by atoms with Gasteiger partial charge in [0.05, 0.1) is 23.3 Å². The maximum atomic E-state index is 12.7. The van der Waals surface area contributed by atoms with Crippen molar-refractivity contribution >= 4 is 11.9 Å². The number of carbonyl (C=O) groups excluding carboxylic acids is 2. The standard InChI is InChI=1S/C20H30O4/c1-11(2)15-9-10-16(19(21)23-13(5)6)18(17(15)12(3)4)20(22)24-14(7)8/h9-14H,1-8H3. The maximum Gasteiger partial charge on any atom is 0.339 e. The normalized spacial score (nSPS) is 11.5. The van der Waals surface area contributed by atoms with Gasteiger partial charge in [-0.25, -0.2) is 9.59 Å². The first-order valence-corrected chi connectivity index (χ1v) is 8.64. The number of rotatable bonds is 6. The van der Waals surface area contributed by atoms with Gasteiger partial charge in [0.15, 0.2) is 0 Å². The van der Waals surface area contributed by atoms with Gasteiger partial charge in [0.2, 0.25) is 0 Å². The number of carbonyl (C=O) groups is 2. The van der Waals surface area contributed by atoms with Crippen LogP contribution < -0.4 is 0 Å². The second-order valence-electron chi connectivity index (χ2n) is 7.21. The zero-order valence-corrected chi connectivity index (χ0v) is 16.1. The molecule has 0 spiro atoms. The summed E-state index contributed by atoms with van der Waals surface area (Å²) in [5, 5.41) is 0. The van der Waals surface area contributed by atoms with E-state index in [1.807, 2.05) is 19.9 Å². The summed E-state index contributed by atoms with van der Waals surface area (Å²) in [6.07, 6.45) is -0.507. The van der Waals surface area contributed by atoms with Crippen molar-refractivity contribution in [2.24, 2.45) is 0 Å². The Morgan fingerprint density at radius 3 is 1.67 bits per heavy atom. The van der Waals surface area contributed by atoms with Gasteiger partial charge in [0, 0.05) is 0 Å². The Morgan fingerprint density at radius 2 is 1.25 bits per heavy atom. The SMILES string of the molecule is CC(C)OC(=O)c1ccc(C(C)C)c(C(C)C)c1C(=O)OC(C)C. The van der Waals surface area contributed by atoms with Crippen LogP contribution in [0.1, 0.15) is 99.1 Å². The third kappa shape index (κ3) is 4.83. The van der Waals surface area contributed by atoms with Crippen LogP contribution in [0.2, 0.25) is 0 Å². The summed E-state index contributed by atoms with van der Waals surface area (Å²) in [6, 6.07) is 3.60. The predicted octanol–water partition coefficient (Wildman–Crippen LogP) is 5.06. The molecule has 0 unspecified atom stereocenters. The zero-order chi connectivity index (χ0) is 18.6. The van der Waals surface area contributed by atoms with Crippen LogP contribution in [0.4, 0.5) is 0 Å². The summed E-state index contributed by atoms with van der Waals surface area (Å²) in [6.45, 7) is 15.4. The molecule has 4 heteroatoms. The van der Waals surface area contributed by atoms with Crippen molar-refractivity contribution in [2.75, 3.05) is 0 Å². The highest BCUT2D eigenvalue weighted by Gasteiger charge is 2.28.